The van der Waals surface area contributed by atoms with Crippen molar-refractivity contribution in [3.63, 3.8) is 0 Å². The molecule has 0 saturated carbocycles. The molecule has 2 amide bonds. The molecule has 0 unspecified atom stereocenters. The van der Waals surface area contributed by atoms with Gasteiger partial charge in [0.1, 0.15) is 0 Å². The lowest BCUT2D eigenvalue weighted by molar-refractivity contribution is -0.115. The molecule has 1 aliphatic heterocycles. The van der Waals surface area contributed by atoms with Gasteiger partial charge in [-0.15, -0.1) is 11.3 Å². The number of carbonyl (C=O) groups excluding carboxylic acids is 2. The smallest absolute Gasteiger partial charge is 0.258 e. The van der Waals surface area contributed by atoms with Crippen LogP contribution >= 0.6 is 11.3 Å². The second-order valence-corrected chi connectivity index (χ2v) is 9.15. The number of aryl methyl sites for hydroxylation is 1. The molecular formula is C27H23N3O2S. The van der Waals surface area contributed by atoms with Crippen molar-refractivity contribution in [2.45, 2.75) is 19.8 Å². The van der Waals surface area contributed by atoms with E-state index in [0.717, 1.165) is 33.9 Å². The second kappa shape index (κ2) is 9.00. The Labute approximate surface area is 196 Å². The number of amides is 2. The molecule has 1 aliphatic rings. The molecule has 1 aromatic heterocycles. The third-order valence-corrected chi connectivity index (χ3v) is 6.55. The van der Waals surface area contributed by atoms with Crippen LogP contribution in [0.3, 0.4) is 0 Å². The minimum atomic E-state index is -0.0974. The van der Waals surface area contributed by atoms with Gasteiger partial charge >= 0.3 is 0 Å². The molecule has 0 radical (unpaired) electrons. The highest BCUT2D eigenvalue weighted by atomic mass is 32.1. The van der Waals surface area contributed by atoms with Crippen molar-refractivity contribution in [2.75, 3.05) is 16.8 Å². The molecule has 0 bridgehead atoms. The maximum absolute atomic E-state index is 13.0. The van der Waals surface area contributed by atoms with E-state index in [1.54, 1.807) is 35.6 Å². The van der Waals surface area contributed by atoms with Crippen molar-refractivity contribution in [3.8, 4) is 11.3 Å². The van der Waals surface area contributed by atoms with Crippen molar-refractivity contribution in [1.29, 1.82) is 0 Å². The minimum absolute atomic E-state index is 0.0202. The Morgan fingerprint density at radius 1 is 1.00 bits per heavy atom. The molecular weight excluding hydrogens is 430 g/mol. The van der Waals surface area contributed by atoms with Gasteiger partial charge in [0.05, 0.1) is 17.1 Å². The van der Waals surface area contributed by atoms with Crippen LogP contribution in [0.4, 0.5) is 11.4 Å². The van der Waals surface area contributed by atoms with Crippen LogP contribution in [-0.4, -0.2) is 23.3 Å². The van der Waals surface area contributed by atoms with Crippen molar-refractivity contribution in [1.82, 2.24) is 4.98 Å². The van der Waals surface area contributed by atoms with Crippen LogP contribution in [0.1, 0.15) is 26.5 Å². The maximum atomic E-state index is 13.0. The molecule has 4 aromatic rings. The summed E-state index contributed by atoms with van der Waals surface area (Å²) in [4.78, 5) is 31.8. The van der Waals surface area contributed by atoms with Crippen molar-refractivity contribution >= 4 is 34.5 Å². The van der Waals surface area contributed by atoms with E-state index < -0.39 is 0 Å². The topological polar surface area (TPSA) is 62.3 Å². The molecule has 0 atom stereocenters. The number of anilines is 2. The van der Waals surface area contributed by atoms with E-state index in [9.17, 15) is 9.59 Å². The van der Waals surface area contributed by atoms with Crippen LogP contribution in [-0.2, 0) is 17.6 Å². The number of carbonyl (C=O) groups is 2. The Balaban J connectivity index is 1.20. The number of nitrogens with zero attached hydrogens (tertiary/aromatic N) is 2. The summed E-state index contributed by atoms with van der Waals surface area (Å²) in [6.07, 6.45) is 1.15. The third-order valence-electron chi connectivity index (χ3n) is 5.78. The highest BCUT2D eigenvalue weighted by Gasteiger charge is 2.25. The van der Waals surface area contributed by atoms with E-state index in [4.69, 9.17) is 0 Å². The van der Waals surface area contributed by atoms with Gasteiger partial charge in [-0.3, -0.25) is 9.59 Å². The molecule has 1 N–H and O–H groups in total. The molecule has 0 saturated heterocycles. The fourth-order valence-corrected chi connectivity index (χ4v) is 4.70. The van der Waals surface area contributed by atoms with Crippen LogP contribution in [0.2, 0.25) is 0 Å². The zero-order chi connectivity index (χ0) is 22.8. The lowest BCUT2D eigenvalue weighted by atomic mass is 10.1. The molecule has 5 rings (SSSR count). The lowest BCUT2D eigenvalue weighted by Gasteiger charge is -2.17. The summed E-state index contributed by atoms with van der Waals surface area (Å²) >= 11 is 1.62. The van der Waals surface area contributed by atoms with Crippen molar-refractivity contribution in [3.05, 3.63) is 99.9 Å². The Bertz CT molecular complexity index is 1310. The van der Waals surface area contributed by atoms with Crippen LogP contribution < -0.4 is 10.2 Å². The number of aromatic nitrogens is 1. The number of rotatable bonds is 5. The van der Waals surface area contributed by atoms with Crippen LogP contribution in [0.15, 0.2) is 78.2 Å². The normalized spacial score (nSPS) is 12.5. The number of benzene rings is 3. The summed E-state index contributed by atoms with van der Waals surface area (Å²) < 4.78 is 0. The summed E-state index contributed by atoms with van der Waals surface area (Å²) in [7, 11) is 0. The molecule has 164 valence electrons. The summed E-state index contributed by atoms with van der Waals surface area (Å²) in [5, 5.41) is 5.99. The van der Waals surface area contributed by atoms with Gasteiger partial charge < -0.3 is 10.2 Å². The van der Waals surface area contributed by atoms with Crippen LogP contribution in [0.5, 0.6) is 0 Å². The monoisotopic (exact) mass is 453 g/mol. The fraction of sp³-hybridized carbons (Fsp3) is 0.148. The summed E-state index contributed by atoms with van der Waals surface area (Å²) in [6.45, 7) is 2.68. The van der Waals surface area contributed by atoms with Gasteiger partial charge in [-0.05, 0) is 54.8 Å². The van der Waals surface area contributed by atoms with Crippen molar-refractivity contribution in [2.24, 2.45) is 0 Å². The highest BCUT2D eigenvalue weighted by molar-refractivity contribution is 7.09. The summed E-state index contributed by atoms with van der Waals surface area (Å²) in [5.41, 5.74) is 6.40. The first-order valence-electron chi connectivity index (χ1n) is 10.9. The lowest BCUT2D eigenvalue weighted by Crippen LogP contribution is -2.28. The molecule has 6 heteroatoms. The molecule has 3 aromatic carbocycles. The predicted molar refractivity (Wildman–Crippen MR) is 133 cm³/mol. The summed E-state index contributed by atoms with van der Waals surface area (Å²) in [6, 6.07) is 23.0. The number of hydrogen-bond acceptors (Lipinski definition) is 4. The highest BCUT2D eigenvalue weighted by Crippen LogP contribution is 2.29. The molecule has 5 nitrogen and oxygen atoms in total. The Morgan fingerprint density at radius 3 is 2.48 bits per heavy atom. The quantitative estimate of drug-likeness (QED) is 0.434. The van der Waals surface area contributed by atoms with Gasteiger partial charge in [-0.2, -0.15) is 0 Å². The van der Waals surface area contributed by atoms with E-state index >= 15 is 0 Å². The van der Waals surface area contributed by atoms with E-state index in [1.165, 1.54) is 5.56 Å². The third kappa shape index (κ3) is 4.56. The molecule has 33 heavy (non-hydrogen) atoms. The largest absolute Gasteiger partial charge is 0.326 e. The van der Waals surface area contributed by atoms with Gasteiger partial charge in [0.25, 0.3) is 5.91 Å². The predicted octanol–water partition coefficient (Wildman–Crippen LogP) is 5.50. The minimum Gasteiger partial charge on any atom is -0.326 e. The second-order valence-electron chi connectivity index (χ2n) is 8.09. The Hall–Kier alpha value is -3.77. The van der Waals surface area contributed by atoms with E-state index in [2.05, 4.69) is 16.4 Å². The maximum Gasteiger partial charge on any atom is 0.258 e. The van der Waals surface area contributed by atoms with Gasteiger partial charge in [-0.25, -0.2) is 4.98 Å². The van der Waals surface area contributed by atoms with Gasteiger partial charge in [0.2, 0.25) is 5.91 Å². The van der Waals surface area contributed by atoms with Gasteiger partial charge in [0.15, 0.2) is 0 Å². The Kier molecular flexibility index (Phi) is 5.75. The number of thiazole rings is 1. The van der Waals surface area contributed by atoms with Crippen LogP contribution in [0.25, 0.3) is 11.3 Å². The van der Waals surface area contributed by atoms with Gasteiger partial charge in [-0.1, -0.05) is 42.5 Å². The molecule has 0 spiro atoms. The number of nitrogens with one attached hydrogen (secondary N) is 1. The Morgan fingerprint density at radius 2 is 1.76 bits per heavy atom. The number of para-hydroxylation sites is 1. The number of hydrogen-bond donors (Lipinski definition) is 1. The van der Waals surface area contributed by atoms with E-state index in [1.807, 2.05) is 59.7 Å². The number of fused-ring (bicyclic) bond motifs is 1. The molecule has 0 aliphatic carbocycles. The van der Waals surface area contributed by atoms with Crippen LogP contribution in [0, 0.1) is 6.92 Å². The molecule has 0 fully saturated rings. The first kappa shape index (κ1) is 21.1. The summed E-state index contributed by atoms with van der Waals surface area (Å²) in [5.74, 6) is -0.118. The van der Waals surface area contributed by atoms with E-state index in [-0.39, 0.29) is 18.2 Å². The van der Waals surface area contributed by atoms with Gasteiger partial charge in [0, 0.05) is 34.4 Å². The zero-order valence-electron chi connectivity index (χ0n) is 18.2. The first-order valence-corrected chi connectivity index (χ1v) is 11.8. The van der Waals surface area contributed by atoms with E-state index in [0.29, 0.717) is 17.8 Å². The zero-order valence-corrected chi connectivity index (χ0v) is 19.1. The molecule has 2 heterocycles. The first-order chi connectivity index (χ1) is 16.1. The SMILES string of the molecule is Cc1nc(-c2ccc(CC(=O)Nc3ccc(C(=O)N4CCc5ccccc54)cc3)cc2)cs1. The average Bonchev–Trinajstić information content (AvgIpc) is 3.46. The average molecular weight is 454 g/mol. The van der Waals surface area contributed by atoms with Crippen molar-refractivity contribution < 1.29 is 9.59 Å². The standard InChI is InChI=1S/C27H23N3O2S/c1-18-28-24(17-33-18)20-8-6-19(7-9-20)16-26(31)29-23-12-10-22(11-13-23)27(32)30-15-14-21-4-2-3-5-25(21)30/h2-13,17H,14-16H2,1H3,(H,29,31). The fourth-order valence-electron chi connectivity index (χ4n) is 4.08.